The molecule has 7 heteroatoms. The summed E-state index contributed by atoms with van der Waals surface area (Å²) in [7, 11) is 1.64. The highest BCUT2D eigenvalue weighted by molar-refractivity contribution is 5.92. The first kappa shape index (κ1) is 18.1. The Balaban J connectivity index is 1.73. The Hall–Kier alpha value is -2.67. The number of aromatic amines is 1. The summed E-state index contributed by atoms with van der Waals surface area (Å²) < 4.78 is 11.6. The molecule has 1 atom stereocenters. The average molecular weight is 357 g/mol. The van der Waals surface area contributed by atoms with Crippen LogP contribution in [0.4, 0.5) is 0 Å². The first-order chi connectivity index (χ1) is 12.5. The number of nitrogens with one attached hydrogen (secondary N) is 1. The van der Waals surface area contributed by atoms with Crippen LogP contribution in [-0.4, -0.2) is 53.2 Å². The molecule has 2 heterocycles. The molecule has 7 nitrogen and oxygen atoms in total. The number of rotatable bonds is 5. The molecule has 1 amide bonds. The molecule has 138 valence electrons. The van der Waals surface area contributed by atoms with Gasteiger partial charge in [-0.1, -0.05) is 18.2 Å². The van der Waals surface area contributed by atoms with Crippen LogP contribution in [0.2, 0.25) is 0 Å². The SMILES string of the molecule is CO[C@]1(COc2ccccc2)CCCN(C(=O)c2cc(=O)[nH]c(C)n2)C1. The van der Waals surface area contributed by atoms with Crippen molar-refractivity contribution >= 4 is 5.91 Å². The average Bonchev–Trinajstić information content (AvgIpc) is 2.66. The summed E-state index contributed by atoms with van der Waals surface area (Å²) in [6.45, 7) is 2.99. The highest BCUT2D eigenvalue weighted by Crippen LogP contribution is 2.27. The molecule has 0 bridgehead atoms. The monoisotopic (exact) mass is 357 g/mol. The number of methoxy groups -OCH3 is 1. The minimum Gasteiger partial charge on any atom is -0.491 e. The number of carbonyl (C=O) groups is 1. The molecular formula is C19H23N3O4. The van der Waals surface area contributed by atoms with Gasteiger partial charge in [-0.15, -0.1) is 0 Å². The quantitative estimate of drug-likeness (QED) is 0.882. The standard InChI is InChI=1S/C19H23N3O4/c1-14-20-16(11-17(23)21-14)18(24)22-10-6-9-19(12-22,25-2)13-26-15-7-4-3-5-8-15/h3-5,7-8,11H,6,9-10,12-13H2,1-2H3,(H,20,21,23)/t19-/m1/s1. The number of para-hydroxylation sites is 1. The smallest absolute Gasteiger partial charge is 0.272 e. The lowest BCUT2D eigenvalue weighted by atomic mass is 9.93. The Kier molecular flexibility index (Phi) is 5.37. The second kappa shape index (κ2) is 7.70. The zero-order chi connectivity index (χ0) is 18.6. The second-order valence-corrected chi connectivity index (χ2v) is 6.54. The Morgan fingerprint density at radius 1 is 1.35 bits per heavy atom. The highest BCUT2D eigenvalue weighted by Gasteiger charge is 2.38. The van der Waals surface area contributed by atoms with E-state index >= 15 is 0 Å². The number of aromatic nitrogens is 2. The number of likely N-dealkylation sites (tertiary alicyclic amines) is 1. The number of hydrogen-bond donors (Lipinski definition) is 1. The van der Waals surface area contributed by atoms with E-state index < -0.39 is 5.60 Å². The normalized spacial score (nSPS) is 20.0. The Bertz CT molecular complexity index is 821. The van der Waals surface area contributed by atoms with Crippen LogP contribution in [-0.2, 0) is 4.74 Å². The molecule has 1 fully saturated rings. The Morgan fingerprint density at radius 2 is 2.12 bits per heavy atom. The van der Waals surface area contributed by atoms with E-state index in [-0.39, 0.29) is 17.2 Å². The molecule has 1 saturated heterocycles. The van der Waals surface area contributed by atoms with Gasteiger partial charge < -0.3 is 19.4 Å². The summed E-state index contributed by atoms with van der Waals surface area (Å²) in [5, 5.41) is 0. The number of amides is 1. The number of nitrogens with zero attached hydrogens (tertiary/aromatic N) is 2. The number of H-pyrrole nitrogens is 1. The zero-order valence-corrected chi connectivity index (χ0v) is 15.0. The minimum atomic E-state index is -0.583. The van der Waals surface area contributed by atoms with Crippen molar-refractivity contribution in [3.05, 3.63) is 58.3 Å². The van der Waals surface area contributed by atoms with Crippen molar-refractivity contribution < 1.29 is 14.3 Å². The first-order valence-corrected chi connectivity index (χ1v) is 8.62. The predicted octanol–water partition coefficient (Wildman–Crippen LogP) is 1.78. The summed E-state index contributed by atoms with van der Waals surface area (Å²) >= 11 is 0. The first-order valence-electron chi connectivity index (χ1n) is 8.62. The number of hydrogen-bond acceptors (Lipinski definition) is 5. The van der Waals surface area contributed by atoms with Gasteiger partial charge >= 0.3 is 0 Å². The largest absolute Gasteiger partial charge is 0.491 e. The fourth-order valence-electron chi connectivity index (χ4n) is 3.20. The molecule has 1 aliphatic rings. The number of piperidine rings is 1. The molecular weight excluding hydrogens is 334 g/mol. The molecule has 0 saturated carbocycles. The van der Waals surface area contributed by atoms with Crippen LogP contribution < -0.4 is 10.3 Å². The van der Waals surface area contributed by atoms with Gasteiger partial charge in [0.25, 0.3) is 11.5 Å². The van der Waals surface area contributed by atoms with Gasteiger partial charge in [0.05, 0.1) is 6.54 Å². The van der Waals surface area contributed by atoms with Crippen molar-refractivity contribution in [1.82, 2.24) is 14.9 Å². The van der Waals surface area contributed by atoms with Crippen LogP contribution in [0.15, 0.2) is 41.2 Å². The Labute approximate surface area is 152 Å². The van der Waals surface area contributed by atoms with Gasteiger partial charge in [-0.25, -0.2) is 4.98 Å². The van der Waals surface area contributed by atoms with Gasteiger partial charge in [0, 0.05) is 19.7 Å². The van der Waals surface area contributed by atoms with Gasteiger partial charge in [0.1, 0.15) is 29.5 Å². The van der Waals surface area contributed by atoms with Crippen molar-refractivity contribution in [1.29, 1.82) is 0 Å². The molecule has 0 aliphatic carbocycles. The van der Waals surface area contributed by atoms with E-state index in [0.717, 1.165) is 18.6 Å². The van der Waals surface area contributed by atoms with Crippen molar-refractivity contribution in [2.24, 2.45) is 0 Å². The summed E-state index contributed by atoms with van der Waals surface area (Å²) in [6, 6.07) is 10.8. The summed E-state index contributed by atoms with van der Waals surface area (Å²) in [5.41, 5.74) is -0.759. The minimum absolute atomic E-state index is 0.155. The molecule has 0 unspecified atom stereocenters. The highest BCUT2D eigenvalue weighted by atomic mass is 16.5. The molecule has 0 spiro atoms. The van der Waals surface area contributed by atoms with E-state index in [1.54, 1.807) is 18.9 Å². The van der Waals surface area contributed by atoms with Crippen molar-refractivity contribution in [2.45, 2.75) is 25.4 Å². The lowest BCUT2D eigenvalue weighted by Gasteiger charge is -2.41. The maximum atomic E-state index is 12.8. The molecule has 26 heavy (non-hydrogen) atoms. The molecule has 1 aromatic heterocycles. The van der Waals surface area contributed by atoms with Gasteiger partial charge in [0.15, 0.2) is 0 Å². The number of aryl methyl sites for hydroxylation is 1. The second-order valence-electron chi connectivity index (χ2n) is 6.54. The van der Waals surface area contributed by atoms with Gasteiger partial charge in [0.2, 0.25) is 0 Å². The molecule has 1 N–H and O–H groups in total. The Morgan fingerprint density at radius 3 is 2.81 bits per heavy atom. The van der Waals surface area contributed by atoms with Crippen molar-refractivity contribution in [2.75, 3.05) is 26.8 Å². The predicted molar refractivity (Wildman–Crippen MR) is 96.4 cm³/mol. The number of carbonyl (C=O) groups excluding carboxylic acids is 1. The fourth-order valence-corrected chi connectivity index (χ4v) is 3.20. The third kappa shape index (κ3) is 4.11. The van der Waals surface area contributed by atoms with Crippen LogP contribution in [0.25, 0.3) is 0 Å². The maximum Gasteiger partial charge on any atom is 0.272 e. The van der Waals surface area contributed by atoms with E-state index in [4.69, 9.17) is 9.47 Å². The van der Waals surface area contributed by atoms with Crippen molar-refractivity contribution in [3.63, 3.8) is 0 Å². The van der Waals surface area contributed by atoms with Crippen LogP contribution in [0, 0.1) is 6.92 Å². The lowest BCUT2D eigenvalue weighted by molar-refractivity contribution is -0.0825. The topological polar surface area (TPSA) is 84.5 Å². The molecule has 3 rings (SSSR count). The van der Waals surface area contributed by atoms with Crippen molar-refractivity contribution in [3.8, 4) is 5.75 Å². The molecule has 0 radical (unpaired) electrons. The van der Waals surface area contributed by atoms with E-state index in [1.165, 1.54) is 6.07 Å². The summed E-state index contributed by atoms with van der Waals surface area (Å²) in [6.07, 6.45) is 1.59. The third-order valence-electron chi connectivity index (χ3n) is 4.58. The van der Waals surface area contributed by atoms with E-state index in [2.05, 4.69) is 9.97 Å². The summed E-state index contributed by atoms with van der Waals surface area (Å²) in [4.78, 5) is 32.8. The fraction of sp³-hybridized carbons (Fsp3) is 0.421. The number of benzene rings is 1. The van der Waals surface area contributed by atoms with Gasteiger partial charge in [-0.2, -0.15) is 0 Å². The summed E-state index contributed by atoms with van der Waals surface area (Å²) in [5.74, 6) is 0.919. The third-order valence-corrected chi connectivity index (χ3v) is 4.58. The van der Waals surface area contributed by atoms with Gasteiger partial charge in [-0.3, -0.25) is 9.59 Å². The van der Waals surface area contributed by atoms with Crippen LogP contribution in [0.5, 0.6) is 5.75 Å². The van der Waals surface area contributed by atoms with Crippen LogP contribution in [0.3, 0.4) is 0 Å². The van der Waals surface area contributed by atoms with Crippen LogP contribution >= 0.6 is 0 Å². The molecule has 1 aromatic carbocycles. The van der Waals surface area contributed by atoms with E-state index in [0.29, 0.717) is 25.5 Å². The maximum absolute atomic E-state index is 12.8. The zero-order valence-electron chi connectivity index (χ0n) is 15.0. The van der Waals surface area contributed by atoms with Crippen LogP contribution in [0.1, 0.15) is 29.2 Å². The molecule has 2 aromatic rings. The van der Waals surface area contributed by atoms with E-state index in [9.17, 15) is 9.59 Å². The lowest BCUT2D eigenvalue weighted by Crippen LogP contribution is -2.54. The number of ether oxygens (including phenoxy) is 2. The molecule has 1 aliphatic heterocycles. The van der Waals surface area contributed by atoms with E-state index in [1.807, 2.05) is 30.3 Å². The van der Waals surface area contributed by atoms with Gasteiger partial charge in [-0.05, 0) is 31.9 Å².